The number of esters is 1. The molecule has 1 N–H and O–H groups in total. The lowest BCUT2D eigenvalue weighted by Crippen LogP contribution is -2.32. The second-order valence-electron chi connectivity index (χ2n) is 6.44. The van der Waals surface area contributed by atoms with Gasteiger partial charge in [0.1, 0.15) is 5.75 Å². The Bertz CT molecular complexity index is 877. The summed E-state index contributed by atoms with van der Waals surface area (Å²) in [7, 11) is 1.54. The molecule has 29 heavy (non-hydrogen) atoms. The molecule has 0 unspecified atom stereocenters. The van der Waals surface area contributed by atoms with Gasteiger partial charge in [0.15, 0.2) is 0 Å². The molecule has 0 radical (unpaired) electrons. The minimum Gasteiger partial charge on any atom is -0.495 e. The standard InChI is InChI=1S/C22H26N2O5/c1-5-29-22(27)17-7-9-18(10-8-17)24(16(3)25)13-12-21(26)23-19-14-15(2)6-11-20(19)28-4/h6-11,14H,5,12-13H2,1-4H3,(H,23,26). The summed E-state index contributed by atoms with van der Waals surface area (Å²) in [4.78, 5) is 37.7. The lowest BCUT2D eigenvalue weighted by atomic mass is 10.2. The average molecular weight is 398 g/mol. The van der Waals surface area contributed by atoms with Crippen molar-refractivity contribution in [3.63, 3.8) is 0 Å². The van der Waals surface area contributed by atoms with Crippen molar-refractivity contribution in [2.24, 2.45) is 0 Å². The van der Waals surface area contributed by atoms with Gasteiger partial charge in [0.25, 0.3) is 0 Å². The van der Waals surface area contributed by atoms with E-state index >= 15 is 0 Å². The van der Waals surface area contributed by atoms with E-state index in [1.54, 1.807) is 37.3 Å². The van der Waals surface area contributed by atoms with E-state index < -0.39 is 5.97 Å². The topological polar surface area (TPSA) is 84.9 Å². The van der Waals surface area contributed by atoms with Crippen LogP contribution in [0.25, 0.3) is 0 Å². The van der Waals surface area contributed by atoms with Gasteiger partial charge in [-0.15, -0.1) is 0 Å². The Morgan fingerprint density at radius 2 is 1.76 bits per heavy atom. The van der Waals surface area contributed by atoms with Gasteiger partial charge in [-0.1, -0.05) is 6.07 Å². The van der Waals surface area contributed by atoms with Gasteiger partial charge in [0.2, 0.25) is 11.8 Å². The minimum absolute atomic E-state index is 0.107. The molecule has 0 atom stereocenters. The highest BCUT2D eigenvalue weighted by Crippen LogP contribution is 2.25. The summed E-state index contributed by atoms with van der Waals surface area (Å²) in [6, 6.07) is 12.0. The smallest absolute Gasteiger partial charge is 0.338 e. The number of ether oxygens (including phenoxy) is 2. The molecule has 0 aliphatic heterocycles. The van der Waals surface area contributed by atoms with E-state index in [9.17, 15) is 14.4 Å². The Morgan fingerprint density at radius 1 is 1.07 bits per heavy atom. The van der Waals surface area contributed by atoms with Crippen LogP contribution in [-0.2, 0) is 14.3 Å². The van der Waals surface area contributed by atoms with Crippen LogP contribution in [0.1, 0.15) is 36.2 Å². The fourth-order valence-electron chi connectivity index (χ4n) is 2.81. The van der Waals surface area contributed by atoms with Crippen LogP contribution in [0.2, 0.25) is 0 Å². The number of nitrogens with zero attached hydrogens (tertiary/aromatic N) is 1. The van der Waals surface area contributed by atoms with Crippen molar-refractivity contribution in [2.45, 2.75) is 27.2 Å². The van der Waals surface area contributed by atoms with Crippen molar-refractivity contribution in [3.8, 4) is 5.75 Å². The number of nitrogens with one attached hydrogen (secondary N) is 1. The van der Waals surface area contributed by atoms with Crippen molar-refractivity contribution in [3.05, 3.63) is 53.6 Å². The Labute approximate surface area is 170 Å². The molecule has 0 aliphatic carbocycles. The molecule has 2 aromatic carbocycles. The maximum atomic E-state index is 12.4. The SMILES string of the molecule is CCOC(=O)c1ccc(N(CCC(=O)Nc2cc(C)ccc2OC)C(C)=O)cc1. The third-order valence-electron chi connectivity index (χ3n) is 4.26. The number of carbonyl (C=O) groups excluding carboxylic acids is 3. The van der Waals surface area contributed by atoms with Crippen molar-refractivity contribution in [1.29, 1.82) is 0 Å². The zero-order chi connectivity index (χ0) is 21.4. The molecular formula is C22H26N2O5. The second-order valence-corrected chi connectivity index (χ2v) is 6.44. The summed E-state index contributed by atoms with van der Waals surface area (Å²) >= 11 is 0. The Balaban J connectivity index is 2.04. The van der Waals surface area contributed by atoms with E-state index in [0.717, 1.165) is 5.56 Å². The molecule has 2 rings (SSSR count). The van der Waals surface area contributed by atoms with Crippen LogP contribution < -0.4 is 15.0 Å². The van der Waals surface area contributed by atoms with Crippen LogP contribution in [0.3, 0.4) is 0 Å². The van der Waals surface area contributed by atoms with Crippen LogP contribution in [-0.4, -0.2) is 38.0 Å². The van der Waals surface area contributed by atoms with Crippen LogP contribution in [0, 0.1) is 6.92 Å². The number of rotatable bonds is 8. The van der Waals surface area contributed by atoms with Gasteiger partial charge in [-0.25, -0.2) is 4.79 Å². The number of aryl methyl sites for hydroxylation is 1. The van der Waals surface area contributed by atoms with Gasteiger partial charge < -0.3 is 19.7 Å². The van der Waals surface area contributed by atoms with E-state index in [4.69, 9.17) is 9.47 Å². The monoisotopic (exact) mass is 398 g/mol. The average Bonchev–Trinajstić information content (AvgIpc) is 2.68. The highest BCUT2D eigenvalue weighted by Gasteiger charge is 2.16. The molecule has 0 spiro atoms. The van der Waals surface area contributed by atoms with Crippen LogP contribution >= 0.6 is 0 Å². The molecule has 0 bridgehead atoms. The van der Waals surface area contributed by atoms with Crippen LogP contribution in [0.15, 0.2) is 42.5 Å². The van der Waals surface area contributed by atoms with Gasteiger partial charge in [-0.05, 0) is 55.8 Å². The van der Waals surface area contributed by atoms with Crippen molar-refractivity contribution < 1.29 is 23.9 Å². The predicted octanol–water partition coefficient (Wildman–Crippen LogP) is 3.56. The summed E-state index contributed by atoms with van der Waals surface area (Å²) in [5.74, 6) is -0.278. The molecule has 0 saturated heterocycles. The summed E-state index contributed by atoms with van der Waals surface area (Å²) in [5.41, 5.74) is 2.59. The summed E-state index contributed by atoms with van der Waals surface area (Å²) in [5, 5.41) is 2.82. The van der Waals surface area contributed by atoms with Gasteiger partial charge >= 0.3 is 5.97 Å². The lowest BCUT2D eigenvalue weighted by Gasteiger charge is -2.21. The first-order valence-corrected chi connectivity index (χ1v) is 9.35. The van der Waals surface area contributed by atoms with Gasteiger partial charge in [-0.3, -0.25) is 9.59 Å². The molecule has 2 amide bonds. The van der Waals surface area contributed by atoms with E-state index in [1.165, 1.54) is 18.9 Å². The highest BCUT2D eigenvalue weighted by atomic mass is 16.5. The molecule has 0 saturated carbocycles. The number of benzene rings is 2. The quantitative estimate of drug-likeness (QED) is 0.687. The van der Waals surface area contributed by atoms with E-state index in [2.05, 4.69) is 5.32 Å². The molecule has 0 aliphatic rings. The largest absolute Gasteiger partial charge is 0.495 e. The van der Waals surface area contributed by atoms with Gasteiger partial charge in [0, 0.05) is 25.6 Å². The van der Waals surface area contributed by atoms with Crippen LogP contribution in [0.5, 0.6) is 5.75 Å². The fraction of sp³-hybridized carbons (Fsp3) is 0.318. The summed E-state index contributed by atoms with van der Waals surface area (Å²) in [6.45, 7) is 5.59. The first kappa shape index (κ1) is 21.9. The lowest BCUT2D eigenvalue weighted by molar-refractivity contribution is -0.117. The number of hydrogen-bond acceptors (Lipinski definition) is 5. The number of hydrogen-bond donors (Lipinski definition) is 1. The summed E-state index contributed by atoms with van der Waals surface area (Å²) in [6.07, 6.45) is 0.107. The first-order chi connectivity index (χ1) is 13.8. The molecule has 2 aromatic rings. The molecule has 0 heterocycles. The third-order valence-corrected chi connectivity index (χ3v) is 4.26. The number of carbonyl (C=O) groups is 3. The van der Waals surface area contributed by atoms with Crippen molar-refractivity contribution >= 4 is 29.2 Å². The molecule has 154 valence electrons. The third kappa shape index (κ3) is 6.07. The predicted molar refractivity (Wildman–Crippen MR) is 111 cm³/mol. The Hall–Kier alpha value is -3.35. The number of methoxy groups -OCH3 is 1. The Kier molecular flexibility index (Phi) is 7.77. The zero-order valence-electron chi connectivity index (χ0n) is 17.2. The number of amides is 2. The molecule has 7 heteroatoms. The maximum absolute atomic E-state index is 12.4. The normalized spacial score (nSPS) is 10.2. The molecule has 0 aromatic heterocycles. The van der Waals surface area contributed by atoms with Gasteiger partial charge in [-0.2, -0.15) is 0 Å². The first-order valence-electron chi connectivity index (χ1n) is 9.35. The number of anilines is 2. The van der Waals surface area contributed by atoms with Crippen molar-refractivity contribution in [1.82, 2.24) is 0 Å². The van der Waals surface area contributed by atoms with E-state index in [1.807, 2.05) is 19.1 Å². The van der Waals surface area contributed by atoms with Crippen molar-refractivity contribution in [2.75, 3.05) is 30.5 Å². The van der Waals surface area contributed by atoms with Crippen LogP contribution in [0.4, 0.5) is 11.4 Å². The maximum Gasteiger partial charge on any atom is 0.338 e. The van der Waals surface area contributed by atoms with E-state index in [0.29, 0.717) is 29.3 Å². The second kappa shape index (κ2) is 10.3. The van der Waals surface area contributed by atoms with Gasteiger partial charge in [0.05, 0.1) is 25.0 Å². The molecular weight excluding hydrogens is 372 g/mol. The zero-order valence-corrected chi connectivity index (χ0v) is 17.2. The highest BCUT2D eigenvalue weighted by molar-refractivity contribution is 5.96. The Morgan fingerprint density at radius 3 is 2.34 bits per heavy atom. The molecule has 0 fully saturated rings. The fourth-order valence-corrected chi connectivity index (χ4v) is 2.81. The molecule has 7 nitrogen and oxygen atoms in total. The summed E-state index contributed by atoms with van der Waals surface area (Å²) < 4.78 is 10.2. The minimum atomic E-state index is -0.417. The van der Waals surface area contributed by atoms with E-state index in [-0.39, 0.29) is 24.8 Å².